The van der Waals surface area contributed by atoms with Crippen LogP contribution in [0.4, 0.5) is 13.6 Å². The van der Waals surface area contributed by atoms with Crippen LogP contribution in [0, 0.1) is 0 Å². The summed E-state index contributed by atoms with van der Waals surface area (Å²) in [5.41, 5.74) is 4.58. The smallest absolute Gasteiger partial charge is 0.336 e. The van der Waals surface area contributed by atoms with Crippen LogP contribution in [0.2, 0.25) is 0 Å². The SMILES string of the molecule is O=C(NNC(=O)N1CCN(CC(F)F)CC1)c1ccc(COc2ccccc2)o1. The minimum Gasteiger partial charge on any atom is -0.486 e. The lowest BCUT2D eigenvalue weighted by Gasteiger charge is -2.34. The van der Waals surface area contributed by atoms with Gasteiger partial charge in [0, 0.05) is 26.2 Å². The number of hydrazine groups is 1. The molecule has 8 nitrogen and oxygen atoms in total. The number of carbonyl (C=O) groups is 2. The van der Waals surface area contributed by atoms with Crippen molar-refractivity contribution < 1.29 is 27.5 Å². The van der Waals surface area contributed by atoms with Crippen LogP contribution < -0.4 is 15.6 Å². The number of hydrogen-bond donors (Lipinski definition) is 2. The van der Waals surface area contributed by atoms with E-state index in [0.717, 1.165) is 0 Å². The minimum absolute atomic E-state index is 0.0266. The molecule has 0 atom stereocenters. The first-order chi connectivity index (χ1) is 14.0. The van der Waals surface area contributed by atoms with Gasteiger partial charge in [-0.1, -0.05) is 18.2 Å². The number of carbonyl (C=O) groups excluding carboxylic acids is 2. The molecule has 2 N–H and O–H groups in total. The summed E-state index contributed by atoms with van der Waals surface area (Å²) < 4.78 is 35.7. The number of halogens is 2. The number of nitrogens with one attached hydrogen (secondary N) is 2. The van der Waals surface area contributed by atoms with Crippen LogP contribution in [0.3, 0.4) is 0 Å². The second-order valence-corrected chi connectivity index (χ2v) is 6.43. The predicted molar refractivity (Wildman–Crippen MR) is 99.5 cm³/mol. The van der Waals surface area contributed by atoms with E-state index in [0.29, 0.717) is 37.7 Å². The highest BCUT2D eigenvalue weighted by atomic mass is 19.3. The van der Waals surface area contributed by atoms with E-state index < -0.39 is 18.4 Å². The molecule has 156 valence electrons. The van der Waals surface area contributed by atoms with Gasteiger partial charge < -0.3 is 14.1 Å². The van der Waals surface area contributed by atoms with Crippen LogP contribution >= 0.6 is 0 Å². The molecule has 3 amide bonds. The number of urea groups is 1. The molecule has 1 aromatic heterocycles. The summed E-state index contributed by atoms with van der Waals surface area (Å²) in [6, 6.07) is 11.8. The first kappa shape index (κ1) is 20.6. The van der Waals surface area contributed by atoms with E-state index in [-0.39, 0.29) is 18.9 Å². The van der Waals surface area contributed by atoms with Gasteiger partial charge in [0.05, 0.1) is 6.54 Å². The van der Waals surface area contributed by atoms with Gasteiger partial charge in [-0.3, -0.25) is 15.1 Å². The van der Waals surface area contributed by atoms with Gasteiger partial charge >= 0.3 is 11.9 Å². The number of amides is 3. The van der Waals surface area contributed by atoms with Gasteiger partial charge in [-0.2, -0.15) is 0 Å². The van der Waals surface area contributed by atoms with E-state index in [1.54, 1.807) is 23.1 Å². The Bertz CT molecular complexity index is 808. The standard InChI is InChI=1S/C19H22F2N4O4/c20-17(21)12-24-8-10-25(11-9-24)19(27)23-22-18(26)16-7-6-15(29-16)13-28-14-4-2-1-3-5-14/h1-7,17H,8-13H2,(H,22,26)(H,23,27). The predicted octanol–water partition coefficient (Wildman–Crippen LogP) is 2.10. The van der Waals surface area contributed by atoms with Crippen LogP contribution in [-0.4, -0.2) is 60.9 Å². The molecule has 0 saturated carbocycles. The molecule has 3 rings (SSSR count). The van der Waals surface area contributed by atoms with Crippen molar-refractivity contribution in [1.29, 1.82) is 0 Å². The Morgan fingerprint density at radius 3 is 2.45 bits per heavy atom. The van der Waals surface area contributed by atoms with E-state index in [4.69, 9.17) is 9.15 Å². The maximum atomic E-state index is 12.4. The summed E-state index contributed by atoms with van der Waals surface area (Å²) in [5, 5.41) is 0. The molecule has 0 spiro atoms. The number of alkyl halides is 2. The van der Waals surface area contributed by atoms with Gasteiger partial charge in [0.15, 0.2) is 5.76 Å². The first-order valence-corrected chi connectivity index (χ1v) is 9.13. The number of piperazine rings is 1. The van der Waals surface area contributed by atoms with E-state index in [1.807, 2.05) is 18.2 Å². The molecule has 1 aliphatic heterocycles. The lowest BCUT2D eigenvalue weighted by molar-refractivity contribution is 0.0625. The van der Waals surface area contributed by atoms with Crippen molar-refractivity contribution in [3.05, 3.63) is 54.0 Å². The lowest BCUT2D eigenvalue weighted by Crippen LogP contribution is -2.55. The van der Waals surface area contributed by atoms with Crippen LogP contribution in [0.25, 0.3) is 0 Å². The van der Waals surface area contributed by atoms with Gasteiger partial charge in [0.2, 0.25) is 0 Å². The summed E-state index contributed by atoms with van der Waals surface area (Å²) in [5.74, 6) is 0.552. The molecule has 0 unspecified atom stereocenters. The molecule has 1 aliphatic rings. The zero-order valence-corrected chi connectivity index (χ0v) is 15.6. The number of rotatable bonds is 6. The van der Waals surface area contributed by atoms with Crippen LogP contribution in [0.5, 0.6) is 5.75 Å². The van der Waals surface area contributed by atoms with Gasteiger partial charge in [0.25, 0.3) is 6.43 Å². The fourth-order valence-electron chi connectivity index (χ4n) is 2.83. The number of nitrogens with zero attached hydrogens (tertiary/aromatic N) is 2. The molecule has 1 aromatic carbocycles. The molecule has 0 aliphatic carbocycles. The molecular weight excluding hydrogens is 386 g/mol. The third kappa shape index (κ3) is 6.18. The third-order valence-corrected chi connectivity index (χ3v) is 4.35. The normalized spacial score (nSPS) is 14.7. The average molecular weight is 408 g/mol. The summed E-state index contributed by atoms with van der Waals surface area (Å²) in [6.07, 6.45) is -2.40. The van der Waals surface area contributed by atoms with E-state index in [9.17, 15) is 18.4 Å². The lowest BCUT2D eigenvalue weighted by atomic mass is 10.3. The molecule has 2 heterocycles. The highest BCUT2D eigenvalue weighted by molar-refractivity contribution is 5.92. The van der Waals surface area contributed by atoms with E-state index in [2.05, 4.69) is 10.9 Å². The third-order valence-electron chi connectivity index (χ3n) is 4.35. The summed E-state index contributed by atoms with van der Waals surface area (Å²) in [4.78, 5) is 27.3. The van der Waals surface area contributed by atoms with Gasteiger partial charge in [0.1, 0.15) is 18.1 Å². The average Bonchev–Trinajstić information content (AvgIpc) is 3.20. The fraction of sp³-hybridized carbons (Fsp3) is 0.368. The molecule has 1 saturated heterocycles. The van der Waals surface area contributed by atoms with Crippen molar-refractivity contribution in [3.63, 3.8) is 0 Å². The minimum atomic E-state index is -2.40. The Balaban J connectivity index is 1.40. The highest BCUT2D eigenvalue weighted by Crippen LogP contribution is 2.14. The second kappa shape index (κ2) is 9.87. The van der Waals surface area contributed by atoms with E-state index >= 15 is 0 Å². The van der Waals surface area contributed by atoms with Crippen molar-refractivity contribution in [2.45, 2.75) is 13.0 Å². The number of benzene rings is 1. The zero-order chi connectivity index (χ0) is 20.6. The van der Waals surface area contributed by atoms with Crippen molar-refractivity contribution in [2.24, 2.45) is 0 Å². The van der Waals surface area contributed by atoms with Crippen molar-refractivity contribution in [1.82, 2.24) is 20.7 Å². The molecule has 10 heteroatoms. The maximum Gasteiger partial charge on any atom is 0.336 e. The molecule has 2 aromatic rings. The molecule has 0 radical (unpaired) electrons. The summed E-state index contributed by atoms with van der Waals surface area (Å²) >= 11 is 0. The topological polar surface area (TPSA) is 87.1 Å². The van der Waals surface area contributed by atoms with Crippen molar-refractivity contribution >= 4 is 11.9 Å². The molecule has 29 heavy (non-hydrogen) atoms. The van der Waals surface area contributed by atoms with Gasteiger partial charge in [-0.05, 0) is 24.3 Å². The molecule has 1 fully saturated rings. The largest absolute Gasteiger partial charge is 0.486 e. The van der Waals surface area contributed by atoms with Crippen LogP contribution in [0.15, 0.2) is 46.9 Å². The Labute approximate surface area is 166 Å². The molecular formula is C19H22F2N4O4. The summed E-state index contributed by atoms with van der Waals surface area (Å²) in [6.45, 7) is 1.17. The zero-order valence-electron chi connectivity index (χ0n) is 15.6. The van der Waals surface area contributed by atoms with Crippen molar-refractivity contribution in [3.8, 4) is 5.75 Å². The maximum absolute atomic E-state index is 12.4. The molecule has 0 bridgehead atoms. The number of furan rings is 1. The second-order valence-electron chi connectivity index (χ2n) is 6.43. The van der Waals surface area contributed by atoms with Crippen LogP contribution in [0.1, 0.15) is 16.3 Å². The van der Waals surface area contributed by atoms with Gasteiger partial charge in [-0.15, -0.1) is 0 Å². The Hall–Kier alpha value is -3.14. The number of para-hydroxylation sites is 1. The Morgan fingerprint density at radius 2 is 1.76 bits per heavy atom. The number of hydrogen-bond acceptors (Lipinski definition) is 5. The monoisotopic (exact) mass is 408 g/mol. The summed E-state index contributed by atoms with van der Waals surface area (Å²) in [7, 11) is 0. The first-order valence-electron chi connectivity index (χ1n) is 9.13. The fourth-order valence-corrected chi connectivity index (χ4v) is 2.83. The van der Waals surface area contributed by atoms with Crippen molar-refractivity contribution in [2.75, 3.05) is 32.7 Å². The van der Waals surface area contributed by atoms with Gasteiger partial charge in [-0.25, -0.2) is 19.0 Å². The number of ether oxygens (including phenoxy) is 1. The van der Waals surface area contributed by atoms with E-state index in [1.165, 1.54) is 11.0 Å². The Morgan fingerprint density at radius 1 is 1.03 bits per heavy atom. The highest BCUT2D eigenvalue weighted by Gasteiger charge is 2.23. The van der Waals surface area contributed by atoms with Crippen LogP contribution in [-0.2, 0) is 6.61 Å². The Kier molecular flexibility index (Phi) is 7.01. The quantitative estimate of drug-likeness (QED) is 0.715.